The van der Waals surface area contributed by atoms with E-state index in [1.807, 2.05) is 0 Å². The molecule has 0 fully saturated rings. The minimum Gasteiger partial charge on any atom is -0.466 e. The first kappa shape index (κ1) is 20.9. The van der Waals surface area contributed by atoms with Crippen molar-refractivity contribution in [3.8, 4) is 0 Å². The number of amides is 2. The summed E-state index contributed by atoms with van der Waals surface area (Å²) in [6.45, 7) is 1.45. The van der Waals surface area contributed by atoms with Crippen molar-refractivity contribution >= 4 is 23.4 Å². The molecule has 2 amide bonds. The molecule has 8 nitrogen and oxygen atoms in total. The number of likely N-dealkylation sites (N-methyl/N-ethyl adjacent to an activating group) is 1. The van der Waals surface area contributed by atoms with E-state index >= 15 is 0 Å². The van der Waals surface area contributed by atoms with E-state index in [4.69, 9.17) is 4.74 Å². The number of esters is 1. The molecule has 0 aromatic heterocycles. The number of methoxy groups -OCH3 is 1. The number of nitro groups is 1. The molecule has 3 rings (SSSR count). The fourth-order valence-electron chi connectivity index (χ4n) is 3.43. The second-order valence-corrected chi connectivity index (χ2v) is 6.56. The molecular weight excluding hydrogens is 400 g/mol. The maximum atomic E-state index is 14.5. The van der Waals surface area contributed by atoms with Crippen LogP contribution in [0.15, 0.2) is 53.7 Å². The standard InChI is InChI=1S/C20H17F2N3O5/c1-11-17(19(26)30-3)18(15-8-7-12(21)9-16(15)22)23(2)20(27)24(11)13-5-4-6-14(10-13)25(28)29/h4-10,18H,1-3H3/t18-/m0/s1. The van der Waals surface area contributed by atoms with Gasteiger partial charge in [0.25, 0.3) is 5.69 Å². The van der Waals surface area contributed by atoms with Crippen molar-refractivity contribution in [3.63, 3.8) is 0 Å². The predicted octanol–water partition coefficient (Wildman–Crippen LogP) is 3.93. The van der Waals surface area contributed by atoms with E-state index in [1.54, 1.807) is 0 Å². The van der Waals surface area contributed by atoms with Crippen LogP contribution in [0.2, 0.25) is 0 Å². The number of nitro benzene ring substituents is 1. The summed E-state index contributed by atoms with van der Waals surface area (Å²) in [6.07, 6.45) is 0. The zero-order valence-electron chi connectivity index (χ0n) is 16.3. The van der Waals surface area contributed by atoms with Crippen molar-refractivity contribution in [2.75, 3.05) is 19.1 Å². The molecule has 0 aliphatic carbocycles. The van der Waals surface area contributed by atoms with Crippen molar-refractivity contribution in [2.24, 2.45) is 0 Å². The van der Waals surface area contributed by atoms with Crippen molar-refractivity contribution in [2.45, 2.75) is 13.0 Å². The Kier molecular flexibility index (Phi) is 5.50. The molecule has 0 bridgehead atoms. The molecule has 0 unspecified atom stereocenters. The van der Waals surface area contributed by atoms with Crippen LogP contribution in [0.3, 0.4) is 0 Å². The van der Waals surface area contributed by atoms with E-state index in [0.717, 1.165) is 29.0 Å². The second kappa shape index (κ2) is 7.90. The highest BCUT2D eigenvalue weighted by molar-refractivity contribution is 6.03. The van der Waals surface area contributed by atoms with Gasteiger partial charge in [0.05, 0.1) is 29.3 Å². The lowest BCUT2D eigenvalue weighted by Gasteiger charge is -2.40. The van der Waals surface area contributed by atoms with Gasteiger partial charge in [-0.25, -0.2) is 18.4 Å². The first-order valence-electron chi connectivity index (χ1n) is 8.72. The van der Waals surface area contributed by atoms with Gasteiger partial charge in [-0.2, -0.15) is 0 Å². The smallest absolute Gasteiger partial charge is 0.338 e. The van der Waals surface area contributed by atoms with E-state index in [1.165, 1.54) is 38.2 Å². The quantitative estimate of drug-likeness (QED) is 0.427. The zero-order chi connectivity index (χ0) is 22.2. The summed E-state index contributed by atoms with van der Waals surface area (Å²) >= 11 is 0. The van der Waals surface area contributed by atoms with Crippen LogP contribution < -0.4 is 4.90 Å². The van der Waals surface area contributed by atoms with E-state index in [2.05, 4.69) is 0 Å². The molecule has 0 spiro atoms. The van der Waals surface area contributed by atoms with Crippen molar-refractivity contribution < 1.29 is 28.0 Å². The molecule has 156 valence electrons. The number of nitrogens with zero attached hydrogens (tertiary/aromatic N) is 3. The number of carbonyl (C=O) groups excluding carboxylic acids is 2. The van der Waals surface area contributed by atoms with Crippen LogP contribution in [0.5, 0.6) is 0 Å². The van der Waals surface area contributed by atoms with Crippen LogP contribution >= 0.6 is 0 Å². The Morgan fingerprint density at radius 2 is 1.90 bits per heavy atom. The molecule has 2 aromatic rings. The number of urea groups is 1. The maximum Gasteiger partial charge on any atom is 0.338 e. The van der Waals surface area contributed by atoms with Crippen molar-refractivity contribution in [1.82, 2.24) is 4.90 Å². The average Bonchev–Trinajstić information content (AvgIpc) is 2.71. The van der Waals surface area contributed by atoms with Gasteiger partial charge in [0.2, 0.25) is 0 Å². The number of non-ortho nitro benzene ring substituents is 1. The fourth-order valence-corrected chi connectivity index (χ4v) is 3.43. The molecule has 0 radical (unpaired) electrons. The first-order valence-corrected chi connectivity index (χ1v) is 8.72. The lowest BCUT2D eigenvalue weighted by Crippen LogP contribution is -2.49. The van der Waals surface area contributed by atoms with Crippen LogP contribution in [0.1, 0.15) is 18.5 Å². The Balaban J connectivity index is 2.24. The molecule has 2 aromatic carbocycles. The lowest BCUT2D eigenvalue weighted by atomic mass is 9.93. The fraction of sp³-hybridized carbons (Fsp3) is 0.200. The summed E-state index contributed by atoms with van der Waals surface area (Å²) in [4.78, 5) is 38.4. The Morgan fingerprint density at radius 3 is 2.50 bits per heavy atom. The summed E-state index contributed by atoms with van der Waals surface area (Å²) < 4.78 is 32.7. The number of anilines is 1. The van der Waals surface area contributed by atoms with Gasteiger partial charge in [-0.15, -0.1) is 0 Å². The normalized spacial score (nSPS) is 16.7. The minimum atomic E-state index is -1.18. The molecule has 1 heterocycles. The molecule has 0 N–H and O–H groups in total. The summed E-state index contributed by atoms with van der Waals surface area (Å²) in [5.41, 5.74) is -0.137. The average molecular weight is 417 g/mol. The van der Waals surface area contributed by atoms with Crippen LogP contribution in [-0.2, 0) is 9.53 Å². The molecule has 30 heavy (non-hydrogen) atoms. The van der Waals surface area contributed by atoms with Crippen molar-refractivity contribution in [1.29, 1.82) is 0 Å². The Morgan fingerprint density at radius 1 is 1.20 bits per heavy atom. The Labute approximate surface area is 170 Å². The Hall–Kier alpha value is -3.82. The van der Waals surface area contributed by atoms with Gasteiger partial charge in [0.1, 0.15) is 11.6 Å². The van der Waals surface area contributed by atoms with E-state index in [0.29, 0.717) is 6.07 Å². The highest BCUT2D eigenvalue weighted by Gasteiger charge is 2.42. The second-order valence-electron chi connectivity index (χ2n) is 6.56. The SMILES string of the molecule is COC(=O)C1=C(C)N(c2cccc([N+](=O)[O-])c2)C(=O)N(C)[C@H]1c1ccc(F)cc1F. The molecule has 1 atom stereocenters. The van der Waals surface area contributed by atoms with Gasteiger partial charge in [0, 0.05) is 36.5 Å². The summed E-state index contributed by atoms with van der Waals surface area (Å²) in [6, 6.07) is 6.31. The van der Waals surface area contributed by atoms with Gasteiger partial charge in [-0.1, -0.05) is 12.1 Å². The van der Waals surface area contributed by atoms with Crippen LogP contribution in [0, 0.1) is 21.7 Å². The van der Waals surface area contributed by atoms with Crippen LogP contribution in [-0.4, -0.2) is 36.0 Å². The van der Waals surface area contributed by atoms with Crippen LogP contribution in [0.25, 0.3) is 0 Å². The van der Waals surface area contributed by atoms with Gasteiger partial charge in [-0.05, 0) is 19.1 Å². The zero-order valence-corrected chi connectivity index (χ0v) is 16.3. The number of halogens is 2. The van der Waals surface area contributed by atoms with Crippen LogP contribution in [0.4, 0.5) is 25.0 Å². The number of allylic oxidation sites excluding steroid dienone is 1. The summed E-state index contributed by atoms with van der Waals surface area (Å²) in [5.74, 6) is -2.56. The molecule has 1 aliphatic heterocycles. The highest BCUT2D eigenvalue weighted by atomic mass is 19.1. The summed E-state index contributed by atoms with van der Waals surface area (Å²) in [5, 5.41) is 11.1. The number of rotatable bonds is 4. The van der Waals surface area contributed by atoms with Gasteiger partial charge in [0.15, 0.2) is 0 Å². The first-order chi connectivity index (χ1) is 14.2. The third kappa shape index (κ3) is 3.47. The van der Waals surface area contributed by atoms with Gasteiger partial charge in [-0.3, -0.25) is 15.0 Å². The molecule has 0 saturated carbocycles. The summed E-state index contributed by atoms with van der Waals surface area (Å²) in [7, 11) is 2.48. The number of carbonyl (C=O) groups is 2. The highest BCUT2D eigenvalue weighted by Crippen LogP contribution is 2.40. The van der Waals surface area contributed by atoms with Crippen molar-refractivity contribution in [3.05, 3.63) is 81.0 Å². The van der Waals surface area contributed by atoms with E-state index in [-0.39, 0.29) is 28.2 Å². The molecule has 1 aliphatic rings. The third-order valence-corrected chi connectivity index (χ3v) is 4.84. The monoisotopic (exact) mass is 417 g/mol. The Bertz CT molecular complexity index is 1090. The predicted molar refractivity (Wildman–Crippen MR) is 103 cm³/mol. The lowest BCUT2D eigenvalue weighted by molar-refractivity contribution is -0.384. The number of ether oxygens (including phenoxy) is 1. The number of hydrogen-bond acceptors (Lipinski definition) is 5. The topological polar surface area (TPSA) is 93.0 Å². The number of hydrogen-bond donors (Lipinski definition) is 0. The third-order valence-electron chi connectivity index (χ3n) is 4.84. The molecular formula is C20H17F2N3O5. The van der Waals surface area contributed by atoms with Gasteiger partial charge < -0.3 is 9.64 Å². The number of benzene rings is 2. The minimum absolute atomic E-state index is 0.0587. The van der Waals surface area contributed by atoms with Gasteiger partial charge >= 0.3 is 12.0 Å². The maximum absolute atomic E-state index is 14.5. The largest absolute Gasteiger partial charge is 0.466 e. The van der Waals surface area contributed by atoms with E-state index in [9.17, 15) is 28.5 Å². The molecule has 10 heteroatoms. The van der Waals surface area contributed by atoms with E-state index < -0.39 is 34.6 Å². The molecule has 0 saturated heterocycles.